The summed E-state index contributed by atoms with van der Waals surface area (Å²) in [7, 11) is 0. The van der Waals surface area contributed by atoms with Crippen LogP contribution in [0.4, 0.5) is 14.5 Å². The molecule has 10 heteroatoms. The molecule has 2 aromatic carbocycles. The predicted molar refractivity (Wildman–Crippen MR) is 132 cm³/mol. The Bertz CT molecular complexity index is 1150. The van der Waals surface area contributed by atoms with Crippen molar-refractivity contribution in [2.75, 3.05) is 36.8 Å². The van der Waals surface area contributed by atoms with Crippen LogP contribution in [-0.2, 0) is 11.3 Å². The van der Waals surface area contributed by atoms with Gasteiger partial charge in [0.25, 0.3) is 0 Å². The minimum absolute atomic E-state index is 0.0269. The molecule has 184 valence electrons. The van der Waals surface area contributed by atoms with Crippen molar-refractivity contribution < 1.29 is 18.3 Å². The first-order valence-corrected chi connectivity index (χ1v) is 12.3. The molecule has 1 fully saturated rings. The highest BCUT2D eigenvalue weighted by Crippen LogP contribution is 2.25. The lowest BCUT2D eigenvalue weighted by Crippen LogP contribution is -2.49. The largest absolute Gasteiger partial charge is 0.483 e. The van der Waals surface area contributed by atoms with Crippen molar-refractivity contribution in [3.63, 3.8) is 0 Å². The minimum atomic E-state index is -0.433. The van der Waals surface area contributed by atoms with Gasteiger partial charge in [0.1, 0.15) is 17.4 Å². The number of nitrogens with zero attached hydrogens (tertiary/aromatic N) is 5. The van der Waals surface area contributed by atoms with Crippen LogP contribution in [0.5, 0.6) is 5.75 Å². The zero-order valence-corrected chi connectivity index (χ0v) is 20.3. The van der Waals surface area contributed by atoms with Gasteiger partial charge in [-0.2, -0.15) is 0 Å². The second-order valence-electron chi connectivity index (χ2n) is 8.09. The monoisotopic (exact) mass is 499 g/mol. The van der Waals surface area contributed by atoms with Crippen LogP contribution in [0.25, 0.3) is 0 Å². The van der Waals surface area contributed by atoms with Crippen molar-refractivity contribution in [2.24, 2.45) is 0 Å². The van der Waals surface area contributed by atoms with Gasteiger partial charge in [-0.3, -0.25) is 9.36 Å². The average Bonchev–Trinajstić information content (AvgIpc) is 3.27. The Labute approximate surface area is 207 Å². The Hall–Kier alpha value is -3.40. The van der Waals surface area contributed by atoms with E-state index in [0.717, 1.165) is 5.69 Å². The van der Waals surface area contributed by atoms with E-state index >= 15 is 0 Å². The standard InChI is InChI=1S/C25H27F2N5O2S/c1-3-12-32-24(18(2)34-22-10-6-20(27)7-11-22)28-29-25(32)35-17-23(33)31-15-13-30(14-16-31)21-8-4-19(26)5-9-21/h3-11,18H,1,12-17H2,2H3. The number of hydrogen-bond acceptors (Lipinski definition) is 6. The van der Waals surface area contributed by atoms with Crippen LogP contribution in [0.2, 0.25) is 0 Å². The number of piperazine rings is 1. The fourth-order valence-electron chi connectivity index (χ4n) is 3.86. The van der Waals surface area contributed by atoms with Crippen LogP contribution in [0.15, 0.2) is 66.3 Å². The van der Waals surface area contributed by atoms with E-state index in [2.05, 4.69) is 21.7 Å². The van der Waals surface area contributed by atoms with Crippen molar-refractivity contribution >= 4 is 23.4 Å². The molecule has 4 rings (SSSR count). The van der Waals surface area contributed by atoms with Crippen LogP contribution in [0, 0.1) is 11.6 Å². The first-order chi connectivity index (χ1) is 16.9. The molecular weight excluding hydrogens is 472 g/mol. The summed E-state index contributed by atoms with van der Waals surface area (Å²) in [5.74, 6) is 0.787. The maximum atomic E-state index is 13.2. The lowest BCUT2D eigenvalue weighted by Gasteiger charge is -2.36. The molecule has 0 aliphatic carbocycles. The number of anilines is 1. The summed E-state index contributed by atoms with van der Waals surface area (Å²) in [6, 6.07) is 12.2. The Balaban J connectivity index is 1.33. The second kappa shape index (κ2) is 11.4. The minimum Gasteiger partial charge on any atom is -0.483 e. The maximum absolute atomic E-state index is 13.2. The SMILES string of the molecule is C=CCn1c(SCC(=O)N2CCN(c3ccc(F)cc3)CC2)nnc1C(C)Oc1ccc(F)cc1. The molecule has 0 bridgehead atoms. The Morgan fingerprint density at radius 1 is 1.06 bits per heavy atom. The van der Waals surface area contributed by atoms with Gasteiger partial charge in [0.15, 0.2) is 17.1 Å². The van der Waals surface area contributed by atoms with E-state index in [-0.39, 0.29) is 23.3 Å². The van der Waals surface area contributed by atoms with Crippen LogP contribution < -0.4 is 9.64 Å². The first kappa shape index (κ1) is 24.7. The Morgan fingerprint density at radius 3 is 2.31 bits per heavy atom. The van der Waals surface area contributed by atoms with Crippen molar-refractivity contribution in [1.29, 1.82) is 0 Å². The molecule has 2 heterocycles. The number of amides is 1. The van der Waals surface area contributed by atoms with Crippen LogP contribution in [-0.4, -0.2) is 57.5 Å². The van der Waals surface area contributed by atoms with Crippen molar-refractivity contribution in [1.82, 2.24) is 19.7 Å². The smallest absolute Gasteiger partial charge is 0.233 e. The predicted octanol–water partition coefficient (Wildman–Crippen LogP) is 4.32. The molecule has 1 atom stereocenters. The maximum Gasteiger partial charge on any atom is 0.233 e. The Morgan fingerprint density at radius 2 is 1.69 bits per heavy atom. The summed E-state index contributed by atoms with van der Waals surface area (Å²) in [6.07, 6.45) is 1.30. The van der Waals surface area contributed by atoms with Gasteiger partial charge in [-0.1, -0.05) is 17.8 Å². The summed E-state index contributed by atoms with van der Waals surface area (Å²) >= 11 is 1.32. The van der Waals surface area contributed by atoms with E-state index < -0.39 is 6.10 Å². The lowest BCUT2D eigenvalue weighted by molar-refractivity contribution is -0.128. The number of ether oxygens (including phenoxy) is 1. The number of aromatic nitrogens is 3. The summed E-state index contributed by atoms with van der Waals surface area (Å²) in [5, 5.41) is 9.15. The molecule has 1 amide bonds. The van der Waals surface area contributed by atoms with Gasteiger partial charge < -0.3 is 14.5 Å². The van der Waals surface area contributed by atoms with E-state index in [4.69, 9.17) is 4.74 Å². The molecule has 35 heavy (non-hydrogen) atoms. The van der Waals surface area contributed by atoms with Gasteiger partial charge in [-0.05, 0) is 55.5 Å². The fraction of sp³-hybridized carbons (Fsp3) is 0.320. The quantitative estimate of drug-likeness (QED) is 0.323. The topological polar surface area (TPSA) is 63.5 Å². The summed E-state index contributed by atoms with van der Waals surface area (Å²) < 4.78 is 34.1. The van der Waals surface area contributed by atoms with Crippen LogP contribution in [0.1, 0.15) is 18.9 Å². The second-order valence-corrected chi connectivity index (χ2v) is 9.03. The number of allylic oxidation sites excluding steroid dienone is 1. The molecule has 0 N–H and O–H groups in total. The van der Waals surface area contributed by atoms with E-state index in [0.29, 0.717) is 49.5 Å². The Kier molecular flexibility index (Phi) is 8.02. The molecule has 0 saturated carbocycles. The zero-order valence-electron chi connectivity index (χ0n) is 19.4. The third-order valence-electron chi connectivity index (χ3n) is 5.70. The first-order valence-electron chi connectivity index (χ1n) is 11.3. The van der Waals surface area contributed by atoms with Crippen LogP contribution >= 0.6 is 11.8 Å². The number of halogens is 2. The van der Waals surface area contributed by atoms with Gasteiger partial charge in [0.2, 0.25) is 5.91 Å². The van der Waals surface area contributed by atoms with Gasteiger partial charge in [-0.25, -0.2) is 8.78 Å². The van der Waals surface area contributed by atoms with E-state index in [9.17, 15) is 13.6 Å². The van der Waals surface area contributed by atoms with Gasteiger partial charge >= 0.3 is 0 Å². The van der Waals surface area contributed by atoms with E-state index in [1.165, 1.54) is 36.0 Å². The average molecular weight is 500 g/mol. The molecular formula is C25H27F2N5O2S. The van der Waals surface area contributed by atoms with E-state index in [1.807, 2.05) is 16.4 Å². The van der Waals surface area contributed by atoms with E-state index in [1.54, 1.807) is 30.3 Å². The highest BCUT2D eigenvalue weighted by Gasteiger charge is 2.24. The lowest BCUT2D eigenvalue weighted by atomic mass is 10.2. The number of hydrogen-bond donors (Lipinski definition) is 0. The molecule has 7 nitrogen and oxygen atoms in total. The zero-order chi connectivity index (χ0) is 24.8. The normalized spacial score (nSPS) is 14.6. The van der Waals surface area contributed by atoms with Crippen molar-refractivity contribution in [3.8, 4) is 5.75 Å². The van der Waals surface area contributed by atoms with Gasteiger partial charge in [-0.15, -0.1) is 16.8 Å². The van der Waals surface area contributed by atoms with Crippen molar-refractivity contribution in [3.05, 3.63) is 78.6 Å². The van der Waals surface area contributed by atoms with Crippen molar-refractivity contribution in [2.45, 2.75) is 24.7 Å². The highest BCUT2D eigenvalue weighted by molar-refractivity contribution is 7.99. The summed E-state index contributed by atoms with van der Waals surface area (Å²) in [4.78, 5) is 16.8. The molecule has 1 saturated heterocycles. The molecule has 1 unspecified atom stereocenters. The third-order valence-corrected chi connectivity index (χ3v) is 6.65. The fourth-order valence-corrected chi connectivity index (χ4v) is 4.72. The third kappa shape index (κ3) is 6.19. The van der Waals surface area contributed by atoms with Gasteiger partial charge in [0.05, 0.1) is 5.75 Å². The molecule has 1 aliphatic rings. The molecule has 1 aromatic heterocycles. The molecule has 0 spiro atoms. The highest BCUT2D eigenvalue weighted by atomic mass is 32.2. The number of carbonyl (C=O) groups excluding carboxylic acids is 1. The number of rotatable bonds is 9. The summed E-state index contributed by atoms with van der Waals surface area (Å²) in [6.45, 7) is 8.70. The molecule has 3 aromatic rings. The summed E-state index contributed by atoms with van der Waals surface area (Å²) in [5.41, 5.74) is 0.954. The number of carbonyl (C=O) groups is 1. The number of benzene rings is 2. The molecule has 0 radical (unpaired) electrons. The number of thioether (sulfide) groups is 1. The van der Waals surface area contributed by atoms with Crippen LogP contribution in [0.3, 0.4) is 0 Å². The van der Waals surface area contributed by atoms with Gasteiger partial charge in [0, 0.05) is 38.4 Å². The molecule has 1 aliphatic heterocycles.